The van der Waals surface area contributed by atoms with Crippen LogP contribution in [0.15, 0.2) is 31.8 Å². The lowest BCUT2D eigenvalue weighted by Crippen LogP contribution is -2.03. The Hall–Kier alpha value is -0.220. The molecule has 0 spiro atoms. The normalized spacial score (nSPS) is 24.5. The molecule has 0 saturated carbocycles. The SMILES string of the molecule is CC1=CC(=N/Br)/C=CC/1=N\Br. The van der Waals surface area contributed by atoms with Crippen molar-refractivity contribution in [3.8, 4) is 0 Å². The molecule has 0 aliphatic heterocycles. The van der Waals surface area contributed by atoms with E-state index in [1.54, 1.807) is 0 Å². The molecule has 58 valence electrons. The highest BCUT2D eigenvalue weighted by Gasteiger charge is 2.04. The van der Waals surface area contributed by atoms with E-state index in [1.807, 2.05) is 25.2 Å². The number of rotatable bonds is 0. The van der Waals surface area contributed by atoms with Crippen molar-refractivity contribution in [3.05, 3.63) is 23.8 Å². The van der Waals surface area contributed by atoms with Crippen LogP contribution in [0, 0.1) is 0 Å². The molecule has 0 bridgehead atoms. The van der Waals surface area contributed by atoms with E-state index in [0.29, 0.717) is 0 Å². The second kappa shape index (κ2) is 3.97. The van der Waals surface area contributed by atoms with Crippen molar-refractivity contribution in [1.82, 2.24) is 0 Å². The van der Waals surface area contributed by atoms with Crippen molar-refractivity contribution in [1.29, 1.82) is 0 Å². The van der Waals surface area contributed by atoms with E-state index in [2.05, 4.69) is 40.3 Å². The molecule has 1 aliphatic rings. The van der Waals surface area contributed by atoms with E-state index >= 15 is 0 Å². The molecular formula is C7H6Br2N2. The maximum Gasteiger partial charge on any atom is 0.0744 e. The molecule has 0 aromatic heterocycles. The van der Waals surface area contributed by atoms with E-state index in [0.717, 1.165) is 17.0 Å². The third-order valence-electron chi connectivity index (χ3n) is 1.37. The van der Waals surface area contributed by atoms with Crippen LogP contribution in [0.5, 0.6) is 0 Å². The third-order valence-corrected chi connectivity index (χ3v) is 2.16. The first-order valence-electron chi connectivity index (χ1n) is 3.02. The Bertz CT molecular complexity index is 274. The summed E-state index contributed by atoms with van der Waals surface area (Å²) >= 11 is 6.06. The van der Waals surface area contributed by atoms with Crippen LogP contribution in [-0.4, -0.2) is 11.4 Å². The lowest BCUT2D eigenvalue weighted by atomic mass is 10.1. The van der Waals surface area contributed by atoms with Gasteiger partial charge in [0.2, 0.25) is 0 Å². The molecule has 0 aromatic carbocycles. The Morgan fingerprint density at radius 2 is 1.91 bits per heavy atom. The van der Waals surface area contributed by atoms with Gasteiger partial charge in [-0.2, -0.15) is 0 Å². The fourth-order valence-electron chi connectivity index (χ4n) is 0.787. The predicted molar refractivity (Wildman–Crippen MR) is 55.6 cm³/mol. The van der Waals surface area contributed by atoms with Crippen molar-refractivity contribution in [3.63, 3.8) is 0 Å². The fraction of sp³-hybridized carbons (Fsp3) is 0.143. The second-order valence-corrected chi connectivity index (χ2v) is 2.85. The molecule has 0 radical (unpaired) electrons. The average Bonchev–Trinajstić information content (AvgIpc) is 2.04. The minimum absolute atomic E-state index is 0.905. The Balaban J connectivity index is 2.97. The maximum absolute atomic E-state index is 3.90. The van der Waals surface area contributed by atoms with Crippen LogP contribution in [0.3, 0.4) is 0 Å². The Morgan fingerprint density at radius 3 is 2.36 bits per heavy atom. The third kappa shape index (κ3) is 2.10. The molecule has 4 heteroatoms. The summed E-state index contributed by atoms with van der Waals surface area (Å²) in [6, 6.07) is 0. The van der Waals surface area contributed by atoms with E-state index < -0.39 is 0 Å². The van der Waals surface area contributed by atoms with Crippen molar-refractivity contribution < 1.29 is 0 Å². The lowest BCUT2D eigenvalue weighted by Gasteiger charge is -2.04. The van der Waals surface area contributed by atoms with Crippen molar-refractivity contribution in [2.24, 2.45) is 8.04 Å². The van der Waals surface area contributed by atoms with Crippen LogP contribution in [0.2, 0.25) is 0 Å². The molecule has 2 nitrogen and oxygen atoms in total. The molecule has 1 aliphatic carbocycles. The van der Waals surface area contributed by atoms with E-state index in [1.165, 1.54) is 0 Å². The van der Waals surface area contributed by atoms with Gasteiger partial charge in [-0.05, 0) is 30.7 Å². The van der Waals surface area contributed by atoms with E-state index in [-0.39, 0.29) is 0 Å². The summed E-state index contributed by atoms with van der Waals surface area (Å²) in [5.41, 5.74) is 2.94. The fourth-order valence-corrected chi connectivity index (χ4v) is 1.41. The van der Waals surface area contributed by atoms with Crippen molar-refractivity contribution >= 4 is 43.7 Å². The number of hydrogen-bond donors (Lipinski definition) is 0. The zero-order valence-corrected chi connectivity index (χ0v) is 9.05. The van der Waals surface area contributed by atoms with Crippen molar-refractivity contribution in [2.45, 2.75) is 6.92 Å². The molecule has 1 rings (SSSR count). The van der Waals surface area contributed by atoms with Crippen LogP contribution in [0.4, 0.5) is 0 Å². The summed E-state index contributed by atoms with van der Waals surface area (Å²) < 4.78 is 7.76. The zero-order chi connectivity index (χ0) is 8.27. The quantitative estimate of drug-likeness (QED) is 0.608. The van der Waals surface area contributed by atoms with Gasteiger partial charge in [-0.3, -0.25) is 0 Å². The smallest absolute Gasteiger partial charge is 0.0744 e. The molecule has 11 heavy (non-hydrogen) atoms. The van der Waals surface area contributed by atoms with E-state index in [9.17, 15) is 0 Å². The molecule has 0 N–H and O–H groups in total. The molecule has 0 fully saturated rings. The minimum atomic E-state index is 0.905. The van der Waals surface area contributed by atoms with Gasteiger partial charge in [-0.25, -0.2) is 8.04 Å². The summed E-state index contributed by atoms with van der Waals surface area (Å²) in [6.45, 7) is 1.99. The lowest BCUT2D eigenvalue weighted by molar-refractivity contribution is 1.58. The van der Waals surface area contributed by atoms with Crippen LogP contribution in [0.1, 0.15) is 6.92 Å². The zero-order valence-electron chi connectivity index (χ0n) is 5.88. The summed E-state index contributed by atoms with van der Waals surface area (Å²) in [7, 11) is 0. The van der Waals surface area contributed by atoms with Gasteiger partial charge in [0.1, 0.15) is 0 Å². The van der Waals surface area contributed by atoms with Gasteiger partial charge in [0.05, 0.1) is 43.7 Å². The largest absolute Gasteiger partial charge is 0.208 e. The highest BCUT2D eigenvalue weighted by Crippen LogP contribution is 2.09. The number of nitrogens with zero attached hydrogens (tertiary/aromatic N) is 2. The first kappa shape index (κ1) is 8.87. The molecule has 0 saturated heterocycles. The first-order chi connectivity index (χ1) is 5.27. The predicted octanol–water partition coefficient (Wildman–Crippen LogP) is 3.00. The number of hydrogen-bond acceptors (Lipinski definition) is 2. The molecule has 0 aromatic rings. The minimum Gasteiger partial charge on any atom is -0.208 e. The van der Waals surface area contributed by atoms with Crippen LogP contribution in [0.25, 0.3) is 0 Å². The maximum atomic E-state index is 3.90. The summed E-state index contributed by atoms with van der Waals surface area (Å²) in [5.74, 6) is 0. The topological polar surface area (TPSA) is 24.7 Å². The summed E-state index contributed by atoms with van der Waals surface area (Å²) in [4.78, 5) is 0. The standard InChI is InChI=1S/C7H6Br2N2/c1-5-4-6(10-8)2-3-7(5)11-9/h2-4H,1H3/b10-6+,11-7+. The van der Waals surface area contributed by atoms with Crippen LogP contribution < -0.4 is 0 Å². The van der Waals surface area contributed by atoms with E-state index in [4.69, 9.17) is 0 Å². The van der Waals surface area contributed by atoms with Gasteiger partial charge in [0.15, 0.2) is 0 Å². The molecule has 0 amide bonds. The van der Waals surface area contributed by atoms with Gasteiger partial charge in [0, 0.05) is 0 Å². The molecular weight excluding hydrogens is 272 g/mol. The summed E-state index contributed by atoms with van der Waals surface area (Å²) in [5, 5.41) is 0. The van der Waals surface area contributed by atoms with Gasteiger partial charge in [0.25, 0.3) is 0 Å². The Kier molecular flexibility index (Phi) is 3.20. The number of halogens is 2. The van der Waals surface area contributed by atoms with Crippen LogP contribution >= 0.6 is 32.3 Å². The van der Waals surface area contributed by atoms with Gasteiger partial charge in [-0.1, -0.05) is 0 Å². The van der Waals surface area contributed by atoms with Crippen LogP contribution in [-0.2, 0) is 0 Å². The first-order valence-corrected chi connectivity index (χ1v) is 4.44. The van der Waals surface area contributed by atoms with Gasteiger partial charge < -0.3 is 0 Å². The van der Waals surface area contributed by atoms with Gasteiger partial charge >= 0.3 is 0 Å². The average molecular weight is 278 g/mol. The Labute approximate surface area is 82.5 Å². The van der Waals surface area contributed by atoms with Crippen molar-refractivity contribution in [2.75, 3.05) is 0 Å². The summed E-state index contributed by atoms with van der Waals surface area (Å²) in [6.07, 6.45) is 5.75. The second-order valence-electron chi connectivity index (χ2n) is 2.14. The highest BCUT2D eigenvalue weighted by atomic mass is 79.9. The molecule has 0 unspecified atom stereocenters. The monoisotopic (exact) mass is 276 g/mol. The van der Waals surface area contributed by atoms with Gasteiger partial charge in [-0.15, -0.1) is 0 Å². The molecule has 0 atom stereocenters. The Morgan fingerprint density at radius 1 is 1.18 bits per heavy atom. The number of allylic oxidation sites excluding steroid dienone is 4. The highest BCUT2D eigenvalue weighted by molar-refractivity contribution is 9.08. The molecule has 0 heterocycles.